The molecule has 4 rings (SSSR count). The van der Waals surface area contributed by atoms with Gasteiger partial charge in [0.25, 0.3) is 0 Å². The Morgan fingerprint density at radius 3 is 2.73 bits per heavy atom. The van der Waals surface area contributed by atoms with Crippen molar-refractivity contribution in [2.24, 2.45) is 0 Å². The molecule has 114 valence electrons. The number of phenols is 1. The number of fused-ring (bicyclic) bond motifs is 5. The highest BCUT2D eigenvalue weighted by Gasteiger charge is 2.42. The number of quaternary nitrogens is 1. The predicted octanol–water partition coefficient (Wildman–Crippen LogP) is 4.08. The van der Waals surface area contributed by atoms with Crippen LogP contribution in [0.1, 0.15) is 34.7 Å². The van der Waals surface area contributed by atoms with Crippen molar-refractivity contribution in [3.05, 3.63) is 63.7 Å². The van der Waals surface area contributed by atoms with Gasteiger partial charge < -0.3 is 9.59 Å². The fourth-order valence-electron chi connectivity index (χ4n) is 4.33. The first-order chi connectivity index (χ1) is 10.6. The van der Waals surface area contributed by atoms with E-state index in [-0.39, 0.29) is 5.75 Å². The first kappa shape index (κ1) is 14.1. The summed E-state index contributed by atoms with van der Waals surface area (Å²) in [6.45, 7) is 2.31. The van der Waals surface area contributed by atoms with E-state index in [4.69, 9.17) is 11.6 Å². The van der Waals surface area contributed by atoms with Gasteiger partial charge in [0.1, 0.15) is 11.8 Å². The molecule has 2 aromatic carbocycles. The van der Waals surface area contributed by atoms with Gasteiger partial charge in [-0.1, -0.05) is 35.9 Å². The van der Waals surface area contributed by atoms with E-state index in [1.807, 2.05) is 12.1 Å². The van der Waals surface area contributed by atoms with E-state index in [9.17, 15) is 5.11 Å². The SMILES string of the molecule is C[N+]12CCCc3ccccc3C1c1cc(O)c(Cl)cc1CC2. The Bertz CT molecular complexity index is 742. The van der Waals surface area contributed by atoms with Crippen LogP contribution in [0.2, 0.25) is 5.02 Å². The van der Waals surface area contributed by atoms with Crippen LogP contribution in [0.5, 0.6) is 5.75 Å². The average Bonchev–Trinajstić information content (AvgIpc) is 2.65. The number of benzene rings is 2. The molecule has 3 heteroatoms. The van der Waals surface area contributed by atoms with Crippen LogP contribution in [-0.2, 0) is 12.8 Å². The molecule has 0 aliphatic carbocycles. The minimum atomic E-state index is 0.204. The molecule has 0 bridgehead atoms. The molecule has 2 unspecified atom stereocenters. The molecule has 0 aromatic heterocycles. The summed E-state index contributed by atoms with van der Waals surface area (Å²) in [5.74, 6) is 0.204. The highest BCUT2D eigenvalue weighted by molar-refractivity contribution is 6.32. The number of likely N-dealkylation sites (N-methyl/N-ethyl adjacent to an activating group) is 1. The van der Waals surface area contributed by atoms with Crippen molar-refractivity contribution in [2.45, 2.75) is 25.3 Å². The molecule has 2 aliphatic heterocycles. The average molecular weight is 315 g/mol. The van der Waals surface area contributed by atoms with Gasteiger partial charge in [-0.15, -0.1) is 0 Å². The molecule has 2 nitrogen and oxygen atoms in total. The Morgan fingerprint density at radius 2 is 1.86 bits per heavy atom. The molecule has 2 atom stereocenters. The van der Waals surface area contributed by atoms with Gasteiger partial charge in [0.05, 0.1) is 25.2 Å². The van der Waals surface area contributed by atoms with Gasteiger partial charge in [0.15, 0.2) is 0 Å². The molecule has 22 heavy (non-hydrogen) atoms. The van der Waals surface area contributed by atoms with Gasteiger partial charge in [0.2, 0.25) is 0 Å². The normalized spacial score (nSPS) is 26.5. The van der Waals surface area contributed by atoms with Gasteiger partial charge in [-0.2, -0.15) is 0 Å². The van der Waals surface area contributed by atoms with Gasteiger partial charge in [0, 0.05) is 24.0 Å². The van der Waals surface area contributed by atoms with E-state index < -0.39 is 0 Å². The van der Waals surface area contributed by atoms with Crippen LogP contribution < -0.4 is 0 Å². The van der Waals surface area contributed by atoms with Crippen molar-refractivity contribution in [2.75, 3.05) is 20.1 Å². The van der Waals surface area contributed by atoms with Crippen LogP contribution in [-0.4, -0.2) is 29.7 Å². The lowest BCUT2D eigenvalue weighted by Gasteiger charge is -2.45. The molecule has 0 saturated carbocycles. The van der Waals surface area contributed by atoms with Crippen LogP contribution in [0.4, 0.5) is 0 Å². The Hall–Kier alpha value is -1.51. The molecule has 0 spiro atoms. The zero-order valence-electron chi connectivity index (χ0n) is 12.8. The summed E-state index contributed by atoms with van der Waals surface area (Å²) in [5, 5.41) is 10.6. The number of hydrogen-bond donors (Lipinski definition) is 1. The number of hydrogen-bond acceptors (Lipinski definition) is 1. The van der Waals surface area contributed by atoms with Crippen molar-refractivity contribution in [1.82, 2.24) is 0 Å². The topological polar surface area (TPSA) is 20.2 Å². The van der Waals surface area contributed by atoms with Crippen molar-refractivity contribution in [3.63, 3.8) is 0 Å². The van der Waals surface area contributed by atoms with Gasteiger partial charge in [-0.05, 0) is 29.7 Å². The molecular formula is C19H21ClNO+. The summed E-state index contributed by atoms with van der Waals surface area (Å²) in [6, 6.07) is 13.0. The summed E-state index contributed by atoms with van der Waals surface area (Å²) in [7, 11) is 2.36. The summed E-state index contributed by atoms with van der Waals surface area (Å²) < 4.78 is 1.03. The van der Waals surface area contributed by atoms with Crippen molar-refractivity contribution in [1.29, 1.82) is 0 Å². The lowest BCUT2D eigenvalue weighted by atomic mass is 9.85. The maximum Gasteiger partial charge on any atom is 0.141 e. The van der Waals surface area contributed by atoms with Crippen LogP contribution in [0.25, 0.3) is 0 Å². The Labute approximate surface area is 136 Å². The van der Waals surface area contributed by atoms with E-state index in [0.29, 0.717) is 11.1 Å². The molecule has 2 aromatic rings. The Balaban J connectivity index is 1.97. The molecule has 0 radical (unpaired) electrons. The van der Waals surface area contributed by atoms with E-state index in [1.54, 1.807) is 0 Å². The van der Waals surface area contributed by atoms with E-state index in [0.717, 1.165) is 23.9 Å². The highest BCUT2D eigenvalue weighted by atomic mass is 35.5. The zero-order chi connectivity index (χ0) is 15.3. The molecule has 2 heterocycles. The van der Waals surface area contributed by atoms with Crippen molar-refractivity contribution >= 4 is 11.6 Å². The summed E-state index contributed by atoms with van der Waals surface area (Å²) >= 11 is 6.13. The number of nitrogens with zero attached hydrogens (tertiary/aromatic N) is 1. The molecule has 1 N–H and O–H groups in total. The number of aryl methyl sites for hydroxylation is 1. The van der Waals surface area contributed by atoms with Gasteiger partial charge in [-0.25, -0.2) is 0 Å². The largest absolute Gasteiger partial charge is 0.506 e. The smallest absolute Gasteiger partial charge is 0.141 e. The van der Waals surface area contributed by atoms with Crippen LogP contribution in [0, 0.1) is 0 Å². The predicted molar refractivity (Wildman–Crippen MR) is 89.3 cm³/mol. The van der Waals surface area contributed by atoms with Crippen LogP contribution in [0.3, 0.4) is 0 Å². The third-order valence-electron chi connectivity index (χ3n) is 5.48. The summed E-state index contributed by atoms with van der Waals surface area (Å²) in [4.78, 5) is 0. The molecule has 2 aliphatic rings. The maximum absolute atomic E-state index is 10.1. The van der Waals surface area contributed by atoms with Crippen LogP contribution in [0.15, 0.2) is 36.4 Å². The highest BCUT2D eigenvalue weighted by Crippen LogP contribution is 2.45. The van der Waals surface area contributed by atoms with Crippen molar-refractivity contribution < 1.29 is 9.59 Å². The lowest BCUT2D eigenvalue weighted by Crippen LogP contribution is -2.51. The third-order valence-corrected chi connectivity index (χ3v) is 5.79. The molecule has 0 amide bonds. The second-order valence-corrected chi connectivity index (χ2v) is 7.29. The minimum Gasteiger partial charge on any atom is -0.506 e. The number of halogens is 1. The van der Waals surface area contributed by atoms with E-state index in [2.05, 4.69) is 31.3 Å². The zero-order valence-corrected chi connectivity index (χ0v) is 13.6. The van der Waals surface area contributed by atoms with Crippen LogP contribution >= 0.6 is 11.6 Å². The number of aromatic hydroxyl groups is 1. The lowest BCUT2D eigenvalue weighted by molar-refractivity contribution is -0.935. The maximum atomic E-state index is 10.1. The van der Waals surface area contributed by atoms with Gasteiger partial charge >= 0.3 is 0 Å². The number of rotatable bonds is 0. The Kier molecular flexibility index (Phi) is 3.21. The summed E-state index contributed by atoms with van der Waals surface area (Å²) in [6.07, 6.45) is 3.40. The standard InChI is InChI=1S/C19H20ClNO/c1-21-9-4-6-13-5-2-3-7-15(13)19(21)16-12-18(22)17(20)11-14(16)8-10-21/h2-3,5,7,11-12,19H,4,6,8-10H2,1H3/p+1. The quantitative estimate of drug-likeness (QED) is 0.726. The number of phenolic OH excluding ortho intramolecular Hbond substituents is 1. The van der Waals surface area contributed by atoms with E-state index in [1.165, 1.54) is 35.2 Å². The fourth-order valence-corrected chi connectivity index (χ4v) is 4.52. The fraction of sp³-hybridized carbons (Fsp3) is 0.368. The Morgan fingerprint density at radius 1 is 1.05 bits per heavy atom. The third kappa shape index (κ3) is 2.05. The second-order valence-electron chi connectivity index (χ2n) is 6.88. The van der Waals surface area contributed by atoms with Crippen molar-refractivity contribution in [3.8, 4) is 5.75 Å². The first-order valence-electron chi connectivity index (χ1n) is 8.02. The minimum absolute atomic E-state index is 0.204. The molecular weight excluding hydrogens is 294 g/mol. The first-order valence-corrected chi connectivity index (χ1v) is 8.39. The second kappa shape index (κ2) is 5.00. The molecule has 0 saturated heterocycles. The monoisotopic (exact) mass is 314 g/mol. The summed E-state index contributed by atoms with van der Waals surface area (Å²) in [5.41, 5.74) is 5.42. The molecule has 0 fully saturated rings. The van der Waals surface area contributed by atoms with E-state index >= 15 is 0 Å². The van der Waals surface area contributed by atoms with Gasteiger partial charge in [-0.3, -0.25) is 0 Å².